The zero-order chi connectivity index (χ0) is 10.8. The fraction of sp³-hybridized carbons (Fsp3) is 0. The van der Waals surface area contributed by atoms with Crippen LogP contribution < -0.4 is 5.56 Å². The first-order valence-electron chi connectivity index (χ1n) is 4.10. The Morgan fingerprint density at radius 3 is 3.00 bits per heavy atom. The lowest BCUT2D eigenvalue weighted by Gasteiger charge is -2.02. The molecule has 1 aromatic carbocycles. The highest BCUT2D eigenvalue weighted by molar-refractivity contribution is 5.79. The van der Waals surface area contributed by atoms with Crippen molar-refractivity contribution in [3.63, 3.8) is 0 Å². The van der Waals surface area contributed by atoms with Crippen LogP contribution in [-0.2, 0) is 4.79 Å². The van der Waals surface area contributed by atoms with Gasteiger partial charge in [0.25, 0.3) is 5.56 Å². The van der Waals surface area contributed by atoms with Crippen LogP contribution in [0.2, 0.25) is 0 Å². The van der Waals surface area contributed by atoms with Crippen LogP contribution in [-0.4, -0.2) is 15.5 Å². The van der Waals surface area contributed by atoms with Crippen molar-refractivity contribution < 1.29 is 9.18 Å². The number of aromatic nitrogens is 2. The Balaban J connectivity index is 2.96. The summed E-state index contributed by atoms with van der Waals surface area (Å²) in [6.07, 6.45) is 1.97. The van der Waals surface area contributed by atoms with Crippen molar-refractivity contribution in [2.24, 2.45) is 0 Å². The first kappa shape index (κ1) is 9.30. The summed E-state index contributed by atoms with van der Waals surface area (Å²) in [5.41, 5.74) is 0.171. The van der Waals surface area contributed by atoms with Crippen LogP contribution in [0.1, 0.15) is 0 Å². The molecule has 0 aliphatic rings. The summed E-state index contributed by atoms with van der Waals surface area (Å²) in [6.45, 7) is 0. The third kappa shape index (κ3) is 1.56. The maximum atomic E-state index is 12.9. The van der Waals surface area contributed by atoms with E-state index in [1.807, 2.05) is 0 Å². The highest BCUT2D eigenvalue weighted by Crippen LogP contribution is 2.10. The monoisotopic (exact) mass is 204 g/mol. The number of rotatable bonds is 1. The SMILES string of the molecule is O=C=Cn1c(=O)cnc2ccc(F)cc21. The normalized spacial score (nSPS) is 9.93. The van der Waals surface area contributed by atoms with E-state index in [4.69, 9.17) is 0 Å². The van der Waals surface area contributed by atoms with Gasteiger partial charge in [0.05, 0.1) is 23.4 Å². The molecule has 2 aromatic rings. The minimum Gasteiger partial charge on any atom is -0.270 e. The van der Waals surface area contributed by atoms with Crippen molar-refractivity contribution in [3.05, 3.63) is 40.6 Å². The summed E-state index contributed by atoms with van der Waals surface area (Å²) in [5.74, 6) is 0.977. The molecule has 4 nitrogen and oxygen atoms in total. The first-order chi connectivity index (χ1) is 7.22. The summed E-state index contributed by atoms with van der Waals surface area (Å²) < 4.78 is 13.9. The van der Waals surface area contributed by atoms with E-state index in [9.17, 15) is 14.0 Å². The van der Waals surface area contributed by atoms with Crippen LogP contribution in [0.5, 0.6) is 0 Å². The number of hydrogen-bond donors (Lipinski definition) is 0. The van der Waals surface area contributed by atoms with Gasteiger partial charge in [-0.05, 0) is 12.1 Å². The van der Waals surface area contributed by atoms with E-state index in [1.165, 1.54) is 18.1 Å². The van der Waals surface area contributed by atoms with Crippen LogP contribution >= 0.6 is 0 Å². The van der Waals surface area contributed by atoms with Crippen LogP contribution in [0, 0.1) is 5.82 Å². The molecule has 2 rings (SSSR count). The number of fused-ring (bicyclic) bond motifs is 1. The first-order valence-corrected chi connectivity index (χ1v) is 4.10. The molecule has 1 heterocycles. The summed E-state index contributed by atoms with van der Waals surface area (Å²) >= 11 is 0. The van der Waals surface area contributed by atoms with Crippen molar-refractivity contribution >= 4 is 23.2 Å². The molecule has 0 saturated heterocycles. The van der Waals surface area contributed by atoms with E-state index in [-0.39, 0.29) is 5.52 Å². The summed E-state index contributed by atoms with van der Waals surface area (Å²) in [4.78, 5) is 25.3. The third-order valence-corrected chi connectivity index (χ3v) is 1.93. The average Bonchev–Trinajstić information content (AvgIpc) is 2.23. The van der Waals surface area contributed by atoms with Gasteiger partial charge in [0, 0.05) is 6.07 Å². The van der Waals surface area contributed by atoms with Gasteiger partial charge in [-0.15, -0.1) is 0 Å². The Morgan fingerprint density at radius 1 is 1.47 bits per heavy atom. The second-order valence-electron chi connectivity index (χ2n) is 2.85. The molecular weight excluding hydrogens is 199 g/mol. The van der Waals surface area contributed by atoms with Gasteiger partial charge in [-0.2, -0.15) is 0 Å². The molecule has 15 heavy (non-hydrogen) atoms. The van der Waals surface area contributed by atoms with E-state index in [0.717, 1.165) is 23.0 Å². The topological polar surface area (TPSA) is 52.0 Å². The van der Waals surface area contributed by atoms with Crippen LogP contribution in [0.25, 0.3) is 17.2 Å². The van der Waals surface area contributed by atoms with Crippen LogP contribution in [0.3, 0.4) is 0 Å². The minimum absolute atomic E-state index is 0.242. The zero-order valence-electron chi connectivity index (χ0n) is 7.48. The lowest BCUT2D eigenvalue weighted by Crippen LogP contribution is -2.15. The molecule has 0 unspecified atom stereocenters. The van der Waals surface area contributed by atoms with Crippen LogP contribution in [0.15, 0.2) is 29.2 Å². The van der Waals surface area contributed by atoms with Gasteiger partial charge in [-0.3, -0.25) is 9.36 Å². The molecule has 0 fully saturated rings. The fourth-order valence-electron chi connectivity index (χ4n) is 1.29. The highest BCUT2D eigenvalue weighted by atomic mass is 19.1. The third-order valence-electron chi connectivity index (χ3n) is 1.93. The number of benzene rings is 1. The van der Waals surface area contributed by atoms with Crippen molar-refractivity contribution in [1.29, 1.82) is 0 Å². The van der Waals surface area contributed by atoms with Gasteiger partial charge >= 0.3 is 0 Å². The van der Waals surface area contributed by atoms with Crippen LogP contribution in [0.4, 0.5) is 4.39 Å². The predicted octanol–water partition coefficient (Wildman–Crippen LogP) is 0.838. The Labute approximate surface area is 83.3 Å². The van der Waals surface area contributed by atoms with E-state index in [0.29, 0.717) is 5.52 Å². The molecule has 5 heteroatoms. The molecule has 74 valence electrons. The molecule has 0 N–H and O–H groups in total. The molecule has 0 radical (unpaired) electrons. The Hall–Kier alpha value is -2.26. The summed E-state index contributed by atoms with van der Waals surface area (Å²) in [6, 6.07) is 3.80. The Kier molecular flexibility index (Phi) is 2.15. The molecule has 0 atom stereocenters. The zero-order valence-corrected chi connectivity index (χ0v) is 7.48. The molecule has 0 aliphatic carbocycles. The van der Waals surface area contributed by atoms with Gasteiger partial charge in [0.15, 0.2) is 0 Å². The maximum absolute atomic E-state index is 12.9. The number of halogens is 1. The average molecular weight is 204 g/mol. The highest BCUT2D eigenvalue weighted by Gasteiger charge is 2.03. The lowest BCUT2D eigenvalue weighted by molar-refractivity contribution is 0.569. The molecule has 1 aromatic heterocycles. The standard InChI is InChI=1S/C10H5FN2O2/c11-7-1-2-8-9(5-7)13(3-4-14)10(15)6-12-8/h1-3,5-6H. The minimum atomic E-state index is -0.503. The van der Waals surface area contributed by atoms with E-state index < -0.39 is 11.4 Å². The molecule has 0 saturated carbocycles. The largest absolute Gasteiger partial charge is 0.274 e. The quantitative estimate of drug-likeness (QED) is 0.647. The lowest BCUT2D eigenvalue weighted by atomic mass is 10.3. The van der Waals surface area contributed by atoms with Gasteiger partial charge in [-0.25, -0.2) is 14.2 Å². The van der Waals surface area contributed by atoms with Gasteiger partial charge < -0.3 is 0 Å². The Morgan fingerprint density at radius 2 is 2.27 bits per heavy atom. The van der Waals surface area contributed by atoms with Gasteiger partial charge in [0.1, 0.15) is 11.8 Å². The van der Waals surface area contributed by atoms with E-state index in [1.54, 1.807) is 0 Å². The van der Waals surface area contributed by atoms with E-state index >= 15 is 0 Å². The molecular formula is C10H5FN2O2. The van der Waals surface area contributed by atoms with E-state index in [2.05, 4.69) is 4.98 Å². The van der Waals surface area contributed by atoms with Crippen molar-refractivity contribution in [2.45, 2.75) is 0 Å². The maximum Gasteiger partial charge on any atom is 0.274 e. The Bertz CT molecular complexity index is 627. The number of carbonyl (C=O) groups excluding carboxylic acids is 1. The van der Waals surface area contributed by atoms with Gasteiger partial charge in [0.2, 0.25) is 0 Å². The second kappa shape index (κ2) is 3.48. The van der Waals surface area contributed by atoms with Crippen molar-refractivity contribution in [2.75, 3.05) is 0 Å². The summed E-state index contributed by atoms with van der Waals surface area (Å²) in [7, 11) is 0. The predicted molar refractivity (Wildman–Crippen MR) is 52.4 cm³/mol. The molecule has 0 bridgehead atoms. The fourth-order valence-corrected chi connectivity index (χ4v) is 1.29. The summed E-state index contributed by atoms with van der Waals surface area (Å²) in [5, 5.41) is 0. The second-order valence-corrected chi connectivity index (χ2v) is 2.85. The molecule has 0 amide bonds. The number of nitrogens with zero attached hydrogens (tertiary/aromatic N) is 2. The molecule has 0 aliphatic heterocycles. The van der Waals surface area contributed by atoms with Crippen molar-refractivity contribution in [1.82, 2.24) is 9.55 Å². The smallest absolute Gasteiger partial charge is 0.270 e. The molecule has 0 spiro atoms. The van der Waals surface area contributed by atoms with Gasteiger partial charge in [-0.1, -0.05) is 0 Å². The van der Waals surface area contributed by atoms with Crippen molar-refractivity contribution in [3.8, 4) is 0 Å². The number of hydrogen-bond acceptors (Lipinski definition) is 3.